The number of rotatable bonds is 8. The van der Waals surface area contributed by atoms with Gasteiger partial charge in [0.2, 0.25) is 5.91 Å². The monoisotopic (exact) mass is 292 g/mol. The quantitative estimate of drug-likeness (QED) is 0.391. The molecule has 1 rings (SSSR count). The Morgan fingerprint density at radius 2 is 1.67 bits per heavy atom. The Hall–Kier alpha value is -1.55. The second-order valence-corrected chi connectivity index (χ2v) is 5.63. The van der Waals surface area contributed by atoms with E-state index in [4.69, 9.17) is 5.84 Å². The minimum atomic E-state index is -0.309. The number of hydrogen-bond donors (Lipinski definition) is 3. The molecule has 4 N–H and O–H groups in total. The summed E-state index contributed by atoms with van der Waals surface area (Å²) in [7, 11) is 0. The number of carbonyl (C=O) groups excluding carboxylic acids is 1. The molecule has 0 bridgehead atoms. The molecule has 4 nitrogen and oxygen atoms in total. The predicted octanol–water partition coefficient (Wildman–Crippen LogP) is 3.17. The fraction of sp³-hybridized carbons (Fsp3) is 0.588. The molecular formula is C17H28N2O2. The topological polar surface area (TPSA) is 75.4 Å². The molecule has 0 spiro atoms. The maximum absolute atomic E-state index is 11.7. The van der Waals surface area contributed by atoms with Gasteiger partial charge >= 0.3 is 0 Å². The third-order valence-electron chi connectivity index (χ3n) is 3.92. The van der Waals surface area contributed by atoms with Crippen LogP contribution in [-0.4, -0.2) is 11.0 Å². The summed E-state index contributed by atoms with van der Waals surface area (Å²) in [6, 6.07) is 3.89. The maximum Gasteiger partial charge on any atom is 0.241 e. The Kier molecular flexibility index (Phi) is 7.23. The molecule has 0 aliphatic carbocycles. The molecule has 1 amide bonds. The van der Waals surface area contributed by atoms with Gasteiger partial charge in [-0.25, -0.2) is 5.84 Å². The highest BCUT2D eigenvalue weighted by atomic mass is 16.3. The minimum absolute atomic E-state index is 0.205. The normalized spacial score (nSPS) is 12.2. The summed E-state index contributed by atoms with van der Waals surface area (Å²) in [6.45, 7) is 6.09. The van der Waals surface area contributed by atoms with Crippen molar-refractivity contribution in [1.29, 1.82) is 0 Å². The Morgan fingerprint density at radius 3 is 2.05 bits per heavy atom. The first-order valence-corrected chi connectivity index (χ1v) is 7.90. The van der Waals surface area contributed by atoms with Crippen molar-refractivity contribution < 1.29 is 9.90 Å². The third kappa shape index (κ3) is 4.74. The van der Waals surface area contributed by atoms with E-state index in [-0.39, 0.29) is 11.8 Å². The summed E-state index contributed by atoms with van der Waals surface area (Å²) in [5.41, 5.74) is 5.01. The van der Waals surface area contributed by atoms with Gasteiger partial charge in [-0.1, -0.05) is 38.8 Å². The van der Waals surface area contributed by atoms with E-state index in [2.05, 4.69) is 19.3 Å². The first-order chi connectivity index (χ1) is 10.0. The molecule has 0 fully saturated rings. The number of hydrazine groups is 1. The molecule has 0 heterocycles. The fourth-order valence-electron chi connectivity index (χ4n) is 2.43. The molecule has 0 radical (unpaired) electrons. The largest absolute Gasteiger partial charge is 0.507 e. The van der Waals surface area contributed by atoms with Crippen LogP contribution in [0.4, 0.5) is 0 Å². The van der Waals surface area contributed by atoms with E-state index in [9.17, 15) is 9.90 Å². The molecule has 1 aromatic rings. The molecule has 0 aliphatic rings. The number of nitrogens with one attached hydrogen (secondary N) is 1. The van der Waals surface area contributed by atoms with Gasteiger partial charge in [0.15, 0.2) is 0 Å². The van der Waals surface area contributed by atoms with E-state index in [0.717, 1.165) is 55.2 Å². The summed E-state index contributed by atoms with van der Waals surface area (Å²) in [5, 5.41) is 10.4. The molecule has 0 saturated carbocycles. The summed E-state index contributed by atoms with van der Waals surface area (Å²) in [4.78, 5) is 11.7. The highest BCUT2D eigenvalue weighted by Gasteiger charge is 2.18. The van der Waals surface area contributed by atoms with Crippen LogP contribution in [0.3, 0.4) is 0 Å². The summed E-state index contributed by atoms with van der Waals surface area (Å²) in [6.07, 6.45) is 5.89. The summed E-state index contributed by atoms with van der Waals surface area (Å²) >= 11 is 0. The molecule has 21 heavy (non-hydrogen) atoms. The number of unbranched alkanes of at least 4 members (excludes halogenated alkanes) is 2. The van der Waals surface area contributed by atoms with Gasteiger partial charge in [-0.05, 0) is 49.3 Å². The number of benzene rings is 1. The fourth-order valence-corrected chi connectivity index (χ4v) is 2.43. The van der Waals surface area contributed by atoms with Crippen LogP contribution >= 0.6 is 0 Å². The van der Waals surface area contributed by atoms with Crippen molar-refractivity contribution in [2.75, 3.05) is 0 Å². The lowest BCUT2D eigenvalue weighted by atomic mass is 9.91. The zero-order valence-corrected chi connectivity index (χ0v) is 13.4. The Morgan fingerprint density at radius 1 is 1.19 bits per heavy atom. The lowest BCUT2D eigenvalue weighted by molar-refractivity contribution is -0.122. The number of nitrogens with two attached hydrogens (primary N) is 1. The maximum atomic E-state index is 11.7. The summed E-state index contributed by atoms with van der Waals surface area (Å²) in [5.74, 6) is 5.12. The second-order valence-electron chi connectivity index (χ2n) is 5.63. The average molecular weight is 292 g/mol. The molecule has 1 aromatic carbocycles. The van der Waals surface area contributed by atoms with Crippen LogP contribution in [0.25, 0.3) is 0 Å². The number of amides is 1. The highest BCUT2D eigenvalue weighted by molar-refractivity contribution is 5.82. The van der Waals surface area contributed by atoms with Crippen molar-refractivity contribution in [2.45, 2.75) is 65.2 Å². The van der Waals surface area contributed by atoms with Crippen LogP contribution in [0.15, 0.2) is 12.1 Å². The van der Waals surface area contributed by atoms with E-state index in [0.29, 0.717) is 5.75 Å². The second kappa shape index (κ2) is 8.67. The number of aromatic hydroxyl groups is 1. The summed E-state index contributed by atoms with van der Waals surface area (Å²) < 4.78 is 0. The lowest BCUT2D eigenvalue weighted by Gasteiger charge is -2.16. The number of phenols is 1. The first-order valence-electron chi connectivity index (χ1n) is 7.90. The van der Waals surface area contributed by atoms with Crippen LogP contribution in [0, 0.1) is 0 Å². The molecule has 0 aliphatic heterocycles. The number of carbonyl (C=O) groups is 1. The molecule has 1 unspecified atom stereocenters. The van der Waals surface area contributed by atoms with Crippen molar-refractivity contribution >= 4 is 5.91 Å². The van der Waals surface area contributed by atoms with Crippen LogP contribution < -0.4 is 11.3 Å². The van der Waals surface area contributed by atoms with Crippen molar-refractivity contribution in [2.24, 2.45) is 5.84 Å². The molecule has 1 atom stereocenters. The Bertz CT molecular complexity index is 443. The van der Waals surface area contributed by atoms with Gasteiger partial charge in [-0.3, -0.25) is 10.2 Å². The Balaban J connectivity index is 3.14. The Labute approximate surface area is 127 Å². The lowest BCUT2D eigenvalue weighted by Crippen LogP contribution is -2.33. The highest BCUT2D eigenvalue weighted by Crippen LogP contribution is 2.30. The van der Waals surface area contributed by atoms with Gasteiger partial charge in [0.05, 0.1) is 5.92 Å². The van der Waals surface area contributed by atoms with Crippen molar-refractivity contribution in [3.05, 3.63) is 28.8 Å². The smallest absolute Gasteiger partial charge is 0.241 e. The van der Waals surface area contributed by atoms with Gasteiger partial charge < -0.3 is 5.11 Å². The van der Waals surface area contributed by atoms with E-state index in [1.807, 2.05) is 19.1 Å². The van der Waals surface area contributed by atoms with E-state index >= 15 is 0 Å². The van der Waals surface area contributed by atoms with Gasteiger partial charge in [-0.2, -0.15) is 0 Å². The number of aryl methyl sites for hydroxylation is 2. The van der Waals surface area contributed by atoms with Crippen LogP contribution in [0.5, 0.6) is 5.75 Å². The van der Waals surface area contributed by atoms with Gasteiger partial charge in [-0.15, -0.1) is 0 Å². The zero-order valence-electron chi connectivity index (χ0n) is 13.4. The minimum Gasteiger partial charge on any atom is -0.507 e. The molecule has 0 aromatic heterocycles. The molecular weight excluding hydrogens is 264 g/mol. The van der Waals surface area contributed by atoms with E-state index in [1.54, 1.807) is 0 Å². The molecule has 0 saturated heterocycles. The van der Waals surface area contributed by atoms with Crippen molar-refractivity contribution in [3.8, 4) is 5.75 Å². The van der Waals surface area contributed by atoms with E-state index < -0.39 is 0 Å². The predicted molar refractivity (Wildman–Crippen MR) is 86.1 cm³/mol. The van der Waals surface area contributed by atoms with Crippen LogP contribution in [-0.2, 0) is 17.6 Å². The standard InChI is InChI=1S/C17H28N2O2/c1-4-6-8-13-10-15(12(3)17(21)19-18)11-14(16(13)20)9-7-5-2/h10-12,20H,4-9,18H2,1-3H3,(H,19,21). The van der Waals surface area contributed by atoms with Crippen LogP contribution in [0.1, 0.15) is 69.1 Å². The van der Waals surface area contributed by atoms with Crippen molar-refractivity contribution in [3.63, 3.8) is 0 Å². The zero-order chi connectivity index (χ0) is 15.8. The number of phenolic OH excluding ortho intramolecular Hbond substituents is 1. The van der Waals surface area contributed by atoms with Crippen molar-refractivity contribution in [1.82, 2.24) is 5.43 Å². The average Bonchev–Trinajstić information content (AvgIpc) is 2.51. The molecule has 4 heteroatoms. The van der Waals surface area contributed by atoms with E-state index in [1.165, 1.54) is 0 Å². The number of hydrogen-bond acceptors (Lipinski definition) is 3. The SMILES string of the molecule is CCCCc1cc(C(C)C(=O)NN)cc(CCCC)c1O. The van der Waals surface area contributed by atoms with Gasteiger partial charge in [0, 0.05) is 0 Å². The molecule has 118 valence electrons. The third-order valence-corrected chi connectivity index (χ3v) is 3.92. The van der Waals surface area contributed by atoms with Gasteiger partial charge in [0.25, 0.3) is 0 Å². The van der Waals surface area contributed by atoms with Crippen LogP contribution in [0.2, 0.25) is 0 Å². The first kappa shape index (κ1) is 17.5. The van der Waals surface area contributed by atoms with Gasteiger partial charge in [0.1, 0.15) is 5.75 Å².